The van der Waals surface area contributed by atoms with E-state index in [2.05, 4.69) is 10.6 Å². The molecule has 0 unspecified atom stereocenters. The number of rotatable bonds is 4. The van der Waals surface area contributed by atoms with E-state index in [0.29, 0.717) is 13.0 Å². The van der Waals surface area contributed by atoms with Gasteiger partial charge in [-0.1, -0.05) is 0 Å². The first-order chi connectivity index (χ1) is 8.88. The molecule has 0 bridgehead atoms. The van der Waals surface area contributed by atoms with Gasteiger partial charge in [-0.15, -0.1) is 0 Å². The number of nitrogens with zero attached hydrogens (tertiary/aromatic N) is 1. The third-order valence-corrected chi connectivity index (χ3v) is 3.19. The number of nitrogens with one attached hydrogen (secondary N) is 2. The molecule has 0 spiro atoms. The van der Waals surface area contributed by atoms with Crippen molar-refractivity contribution < 1.29 is 19.5 Å². The van der Waals surface area contributed by atoms with Crippen LogP contribution in [0.25, 0.3) is 0 Å². The fourth-order valence-corrected chi connectivity index (χ4v) is 2.26. The lowest BCUT2D eigenvalue weighted by molar-refractivity contribution is -0.143. The quantitative estimate of drug-likeness (QED) is 0.586. The number of hydrogen-bond acceptors (Lipinski definition) is 4. The number of carbonyl (C=O) groups is 3. The Morgan fingerprint density at radius 1 is 1.37 bits per heavy atom. The lowest BCUT2D eigenvalue weighted by Gasteiger charge is -2.29. The van der Waals surface area contributed by atoms with E-state index < -0.39 is 30.0 Å². The van der Waals surface area contributed by atoms with Crippen molar-refractivity contribution in [3.8, 4) is 0 Å². The zero-order valence-electron chi connectivity index (χ0n) is 11.5. The van der Waals surface area contributed by atoms with Crippen LogP contribution in [0.15, 0.2) is 0 Å². The highest BCUT2D eigenvalue weighted by atomic mass is 16.3. The van der Waals surface area contributed by atoms with Gasteiger partial charge in [0.1, 0.15) is 12.1 Å². The summed E-state index contributed by atoms with van der Waals surface area (Å²) in [6.45, 7) is 3.17. The van der Waals surface area contributed by atoms with E-state index in [-0.39, 0.29) is 5.91 Å². The highest BCUT2D eigenvalue weighted by Gasteiger charge is 2.38. The maximum Gasteiger partial charge on any atom is 0.248 e. The van der Waals surface area contributed by atoms with Crippen molar-refractivity contribution >= 4 is 17.7 Å². The van der Waals surface area contributed by atoms with E-state index in [1.54, 1.807) is 0 Å². The monoisotopic (exact) mass is 271 g/mol. The first-order valence-corrected chi connectivity index (χ1v) is 6.35. The predicted molar refractivity (Wildman–Crippen MR) is 68.1 cm³/mol. The van der Waals surface area contributed by atoms with Gasteiger partial charge in [-0.25, -0.2) is 0 Å². The number of carbonyl (C=O) groups excluding carboxylic acids is 3. The Labute approximate surface area is 112 Å². The lowest BCUT2D eigenvalue weighted by Crippen LogP contribution is -2.56. The van der Waals surface area contributed by atoms with Crippen LogP contribution in [-0.2, 0) is 14.4 Å². The standard InChI is InChI=1S/C12H21N3O4/c1-7(16)10(14-8(2)17)12(19)15-6-4-5-9(15)11(18)13-3/h7,9-10,16H,4-6H2,1-3H3,(H,13,18)(H,14,17)/t7-,9+,10+/m1/s1. The average molecular weight is 271 g/mol. The van der Waals surface area contributed by atoms with Crippen LogP contribution >= 0.6 is 0 Å². The normalized spacial score (nSPS) is 21.7. The minimum atomic E-state index is -1.01. The van der Waals surface area contributed by atoms with Crippen LogP contribution in [0, 0.1) is 0 Å². The number of likely N-dealkylation sites (tertiary alicyclic amines) is 1. The molecule has 3 amide bonds. The molecule has 0 aromatic rings. The molecule has 0 radical (unpaired) electrons. The summed E-state index contributed by atoms with van der Waals surface area (Å²) in [5.74, 6) is -1.04. The molecule has 1 heterocycles. The van der Waals surface area contributed by atoms with Crippen molar-refractivity contribution in [3.63, 3.8) is 0 Å². The topological polar surface area (TPSA) is 98.7 Å². The number of aliphatic hydroxyl groups is 1. The summed E-state index contributed by atoms with van der Waals surface area (Å²) >= 11 is 0. The molecule has 3 atom stereocenters. The molecule has 7 nitrogen and oxygen atoms in total. The van der Waals surface area contributed by atoms with Gasteiger partial charge >= 0.3 is 0 Å². The van der Waals surface area contributed by atoms with E-state index >= 15 is 0 Å². The van der Waals surface area contributed by atoms with E-state index in [4.69, 9.17) is 0 Å². The largest absolute Gasteiger partial charge is 0.391 e. The van der Waals surface area contributed by atoms with Gasteiger partial charge in [0, 0.05) is 20.5 Å². The molecule has 1 fully saturated rings. The molecule has 108 valence electrons. The molecule has 1 aliphatic rings. The molecule has 0 aromatic heterocycles. The number of amides is 3. The molecule has 19 heavy (non-hydrogen) atoms. The second kappa shape index (κ2) is 6.51. The maximum absolute atomic E-state index is 12.3. The molecule has 1 aliphatic heterocycles. The lowest BCUT2D eigenvalue weighted by atomic mass is 10.1. The molecule has 3 N–H and O–H groups in total. The Morgan fingerprint density at radius 3 is 2.47 bits per heavy atom. The number of hydrogen-bond donors (Lipinski definition) is 3. The summed E-state index contributed by atoms with van der Waals surface area (Å²) in [6.07, 6.45) is 0.316. The molecular formula is C12H21N3O4. The van der Waals surface area contributed by atoms with Crippen LogP contribution < -0.4 is 10.6 Å². The SMILES string of the molecule is CNC(=O)[C@@H]1CCCN1C(=O)[C@@H](NC(C)=O)[C@@H](C)O. The molecular weight excluding hydrogens is 250 g/mol. The molecule has 7 heteroatoms. The summed E-state index contributed by atoms with van der Waals surface area (Å²) < 4.78 is 0. The van der Waals surface area contributed by atoms with Gasteiger partial charge in [0.05, 0.1) is 6.10 Å². The van der Waals surface area contributed by atoms with Crippen molar-refractivity contribution in [3.05, 3.63) is 0 Å². The van der Waals surface area contributed by atoms with Crippen molar-refractivity contribution in [1.82, 2.24) is 15.5 Å². The van der Waals surface area contributed by atoms with Crippen LogP contribution in [0.5, 0.6) is 0 Å². The highest BCUT2D eigenvalue weighted by Crippen LogP contribution is 2.19. The average Bonchev–Trinajstić information content (AvgIpc) is 2.82. The van der Waals surface area contributed by atoms with Gasteiger partial charge in [-0.05, 0) is 19.8 Å². The van der Waals surface area contributed by atoms with Gasteiger partial charge in [0.15, 0.2) is 0 Å². The second-order valence-corrected chi connectivity index (χ2v) is 4.72. The van der Waals surface area contributed by atoms with Crippen LogP contribution in [0.1, 0.15) is 26.7 Å². The Balaban J connectivity index is 2.83. The molecule has 0 aliphatic carbocycles. The predicted octanol–water partition coefficient (Wildman–Crippen LogP) is -1.39. The van der Waals surface area contributed by atoms with Crippen molar-refractivity contribution in [2.24, 2.45) is 0 Å². The molecule has 1 saturated heterocycles. The van der Waals surface area contributed by atoms with Crippen molar-refractivity contribution in [2.75, 3.05) is 13.6 Å². The van der Waals surface area contributed by atoms with Crippen LogP contribution in [0.2, 0.25) is 0 Å². The zero-order valence-corrected chi connectivity index (χ0v) is 11.5. The summed E-state index contributed by atoms with van der Waals surface area (Å²) in [4.78, 5) is 36.5. The third-order valence-electron chi connectivity index (χ3n) is 3.19. The molecule has 0 saturated carbocycles. The fourth-order valence-electron chi connectivity index (χ4n) is 2.26. The molecule has 0 aromatic carbocycles. The van der Waals surface area contributed by atoms with E-state index in [1.165, 1.54) is 25.8 Å². The Hall–Kier alpha value is -1.63. The van der Waals surface area contributed by atoms with E-state index in [9.17, 15) is 19.5 Å². The van der Waals surface area contributed by atoms with Gasteiger partial charge in [0.25, 0.3) is 0 Å². The van der Waals surface area contributed by atoms with E-state index in [1.807, 2.05) is 0 Å². The first kappa shape index (κ1) is 15.4. The van der Waals surface area contributed by atoms with Crippen molar-refractivity contribution in [2.45, 2.75) is 44.9 Å². The zero-order chi connectivity index (χ0) is 14.6. The Morgan fingerprint density at radius 2 is 2.00 bits per heavy atom. The maximum atomic E-state index is 12.3. The van der Waals surface area contributed by atoms with Crippen LogP contribution in [0.3, 0.4) is 0 Å². The van der Waals surface area contributed by atoms with Gasteiger partial charge < -0.3 is 20.6 Å². The van der Waals surface area contributed by atoms with Gasteiger partial charge in [-0.3, -0.25) is 14.4 Å². The summed E-state index contributed by atoms with van der Waals surface area (Å²) in [7, 11) is 1.52. The third kappa shape index (κ3) is 3.66. The minimum Gasteiger partial charge on any atom is -0.391 e. The second-order valence-electron chi connectivity index (χ2n) is 4.72. The summed E-state index contributed by atoms with van der Waals surface area (Å²) in [6, 6.07) is -1.53. The van der Waals surface area contributed by atoms with Crippen LogP contribution in [-0.4, -0.2) is 59.5 Å². The Bertz CT molecular complexity index is 370. The molecule has 1 rings (SSSR count). The smallest absolute Gasteiger partial charge is 0.248 e. The van der Waals surface area contributed by atoms with Crippen molar-refractivity contribution in [1.29, 1.82) is 0 Å². The fraction of sp³-hybridized carbons (Fsp3) is 0.750. The Kier molecular flexibility index (Phi) is 5.29. The van der Waals surface area contributed by atoms with E-state index in [0.717, 1.165) is 6.42 Å². The number of likely N-dealkylation sites (N-methyl/N-ethyl adjacent to an activating group) is 1. The van der Waals surface area contributed by atoms with Gasteiger partial charge in [-0.2, -0.15) is 0 Å². The highest BCUT2D eigenvalue weighted by molar-refractivity contribution is 5.92. The van der Waals surface area contributed by atoms with Gasteiger partial charge in [0.2, 0.25) is 17.7 Å². The first-order valence-electron chi connectivity index (χ1n) is 6.35. The summed E-state index contributed by atoms with van der Waals surface area (Å²) in [5, 5.41) is 14.6. The van der Waals surface area contributed by atoms with Crippen LogP contribution in [0.4, 0.5) is 0 Å². The summed E-state index contributed by atoms with van der Waals surface area (Å²) in [5.41, 5.74) is 0. The number of aliphatic hydroxyl groups excluding tert-OH is 1. The minimum absolute atomic E-state index is 0.224.